The topological polar surface area (TPSA) is 67.8 Å². The molecular weight excluding hydrogens is 338 g/mol. The third-order valence-electron chi connectivity index (χ3n) is 4.44. The Morgan fingerprint density at radius 3 is 2.32 bits per heavy atom. The number of hydrogen-bond donors (Lipinski definition) is 1. The van der Waals surface area contributed by atoms with Crippen LogP contribution in [0.1, 0.15) is 38.6 Å². The molecule has 0 spiro atoms. The van der Waals surface area contributed by atoms with Crippen LogP contribution in [0.5, 0.6) is 0 Å². The van der Waals surface area contributed by atoms with Gasteiger partial charge in [0.15, 0.2) is 11.4 Å². The molecule has 2 heterocycles. The summed E-state index contributed by atoms with van der Waals surface area (Å²) in [7, 11) is 0. The van der Waals surface area contributed by atoms with Gasteiger partial charge in [-0.3, -0.25) is 14.2 Å². The Labute approximate surface area is 150 Å². The summed E-state index contributed by atoms with van der Waals surface area (Å²) in [5.74, 6) is 0.0455. The Balaban J connectivity index is 2.55. The third-order valence-corrected chi connectivity index (χ3v) is 4.68. The fourth-order valence-electron chi connectivity index (χ4n) is 3.62. The molecule has 1 aromatic carbocycles. The summed E-state index contributed by atoms with van der Waals surface area (Å²) in [6.07, 6.45) is 0. The number of H-pyrrole nitrogens is 1. The van der Waals surface area contributed by atoms with Crippen LogP contribution in [0.2, 0.25) is 0 Å². The first-order chi connectivity index (χ1) is 11.8. The van der Waals surface area contributed by atoms with Crippen molar-refractivity contribution in [1.29, 1.82) is 0 Å². The van der Waals surface area contributed by atoms with Gasteiger partial charge < -0.3 is 4.98 Å². The molecule has 25 heavy (non-hydrogen) atoms. The minimum atomic E-state index is -0.319. The number of fused-ring (bicyclic) bond motifs is 1. The van der Waals surface area contributed by atoms with Crippen molar-refractivity contribution >= 4 is 28.4 Å². The Hall–Kier alpha value is -2.40. The van der Waals surface area contributed by atoms with Crippen LogP contribution in [0.15, 0.2) is 16.9 Å². The second-order valence-corrected chi connectivity index (χ2v) is 6.72. The number of hydrogen-bond acceptors (Lipinski definition) is 3. The van der Waals surface area contributed by atoms with Gasteiger partial charge in [0.2, 0.25) is 0 Å². The van der Waals surface area contributed by atoms with E-state index in [1.807, 2.05) is 32.3 Å². The zero-order valence-electron chi connectivity index (χ0n) is 15.0. The summed E-state index contributed by atoms with van der Waals surface area (Å²) in [5.41, 5.74) is 5.41. The van der Waals surface area contributed by atoms with Crippen LogP contribution in [0, 0.1) is 34.6 Å². The van der Waals surface area contributed by atoms with Crippen molar-refractivity contribution in [2.45, 2.75) is 34.6 Å². The fourth-order valence-corrected chi connectivity index (χ4v) is 3.75. The highest BCUT2D eigenvalue weighted by Gasteiger charge is 2.25. The number of carbonyl (C=O) groups is 1. The first-order valence-corrected chi connectivity index (χ1v) is 8.59. The number of rotatable bonds is 3. The highest BCUT2D eigenvalue weighted by molar-refractivity contribution is 6.32. The fraction of sp³-hybridized carbons (Fsp3) is 0.316. The lowest BCUT2D eigenvalue weighted by atomic mass is 10.0. The number of benzene rings is 1. The molecule has 5 nitrogen and oxygen atoms in total. The molecule has 0 aliphatic rings. The minimum Gasteiger partial charge on any atom is -0.310 e. The molecule has 1 N–H and O–H groups in total. The first-order valence-electron chi connectivity index (χ1n) is 8.05. The summed E-state index contributed by atoms with van der Waals surface area (Å²) < 4.78 is 1.90. The molecule has 0 radical (unpaired) electrons. The predicted octanol–water partition coefficient (Wildman–Crippen LogP) is 3.68. The van der Waals surface area contributed by atoms with Crippen LogP contribution < -0.4 is 5.56 Å². The van der Waals surface area contributed by atoms with Gasteiger partial charge in [-0.1, -0.05) is 17.7 Å². The number of aryl methyl sites for hydroxylation is 4. The number of aromatic nitrogens is 3. The monoisotopic (exact) mass is 357 g/mol. The standard InChI is InChI=1S/C19H20ClN3O2/c1-9-6-10(2)17(11(3)7-9)23-12(4)15(14(24)8-20)16-18(23)21-13(5)22-19(16)25/h6-7H,8H2,1-5H3,(H,21,22,25). The van der Waals surface area contributed by atoms with E-state index in [1.165, 1.54) is 0 Å². The summed E-state index contributed by atoms with van der Waals surface area (Å²) in [4.78, 5) is 32.2. The average molecular weight is 358 g/mol. The van der Waals surface area contributed by atoms with Crippen molar-refractivity contribution in [3.05, 3.63) is 56.3 Å². The molecule has 6 heteroatoms. The molecule has 0 saturated heterocycles. The van der Waals surface area contributed by atoms with E-state index in [0.717, 1.165) is 22.4 Å². The van der Waals surface area contributed by atoms with Crippen molar-refractivity contribution in [2.24, 2.45) is 0 Å². The van der Waals surface area contributed by atoms with Crippen LogP contribution in [-0.4, -0.2) is 26.2 Å². The number of Topliss-reactive ketones (excluding diaryl/α,β-unsaturated/α-hetero) is 1. The Bertz CT molecular complexity index is 1050. The Kier molecular flexibility index (Phi) is 4.29. The van der Waals surface area contributed by atoms with E-state index in [-0.39, 0.29) is 17.2 Å². The third kappa shape index (κ3) is 2.68. The molecule has 0 aliphatic carbocycles. The van der Waals surface area contributed by atoms with Gasteiger partial charge >= 0.3 is 0 Å². The normalized spacial score (nSPS) is 11.3. The molecule has 3 aromatic rings. The first kappa shape index (κ1) is 17.4. The lowest BCUT2D eigenvalue weighted by molar-refractivity contribution is 0.102. The van der Waals surface area contributed by atoms with Crippen molar-refractivity contribution in [2.75, 3.05) is 5.88 Å². The zero-order valence-corrected chi connectivity index (χ0v) is 15.7. The van der Waals surface area contributed by atoms with E-state index >= 15 is 0 Å². The Morgan fingerprint density at radius 2 is 1.76 bits per heavy atom. The number of nitrogens with zero attached hydrogens (tertiary/aromatic N) is 2. The Morgan fingerprint density at radius 1 is 1.16 bits per heavy atom. The van der Waals surface area contributed by atoms with E-state index < -0.39 is 0 Å². The van der Waals surface area contributed by atoms with Crippen molar-refractivity contribution in [3.8, 4) is 5.69 Å². The maximum atomic E-state index is 12.6. The van der Waals surface area contributed by atoms with E-state index in [1.54, 1.807) is 6.92 Å². The van der Waals surface area contributed by atoms with E-state index in [0.29, 0.717) is 28.1 Å². The number of halogens is 1. The number of nitrogens with one attached hydrogen (secondary N) is 1. The van der Waals surface area contributed by atoms with Crippen LogP contribution >= 0.6 is 11.6 Å². The molecule has 0 aliphatic heterocycles. The molecule has 0 unspecified atom stereocenters. The van der Waals surface area contributed by atoms with Gasteiger partial charge in [-0.2, -0.15) is 0 Å². The van der Waals surface area contributed by atoms with Gasteiger partial charge in [0.05, 0.1) is 22.5 Å². The van der Waals surface area contributed by atoms with Gasteiger partial charge in [-0.25, -0.2) is 4.98 Å². The summed E-state index contributed by atoms with van der Waals surface area (Å²) in [5, 5.41) is 0.299. The maximum absolute atomic E-state index is 12.6. The minimum absolute atomic E-state index is 0.181. The van der Waals surface area contributed by atoms with Crippen molar-refractivity contribution in [3.63, 3.8) is 0 Å². The van der Waals surface area contributed by atoms with E-state index in [9.17, 15) is 9.59 Å². The average Bonchev–Trinajstić information content (AvgIpc) is 2.79. The molecule has 0 bridgehead atoms. The molecule has 130 valence electrons. The highest BCUT2D eigenvalue weighted by atomic mass is 35.5. The van der Waals surface area contributed by atoms with Crippen LogP contribution in [0.4, 0.5) is 0 Å². The van der Waals surface area contributed by atoms with E-state index in [2.05, 4.69) is 22.1 Å². The van der Waals surface area contributed by atoms with Crippen molar-refractivity contribution in [1.82, 2.24) is 14.5 Å². The molecule has 0 amide bonds. The van der Waals surface area contributed by atoms with E-state index in [4.69, 9.17) is 11.6 Å². The lowest BCUT2D eigenvalue weighted by Gasteiger charge is -2.15. The molecule has 3 rings (SSSR count). The molecule has 0 saturated carbocycles. The van der Waals surface area contributed by atoms with Gasteiger partial charge in [-0.05, 0) is 45.7 Å². The number of ketones is 1. The summed E-state index contributed by atoms with van der Waals surface area (Å²) in [6, 6.07) is 4.16. The predicted molar refractivity (Wildman–Crippen MR) is 100 cm³/mol. The van der Waals surface area contributed by atoms with Gasteiger partial charge in [0.1, 0.15) is 5.82 Å². The highest BCUT2D eigenvalue weighted by Crippen LogP contribution is 2.30. The molecule has 0 atom stereocenters. The second-order valence-electron chi connectivity index (χ2n) is 6.45. The molecular formula is C19H20ClN3O2. The zero-order chi connectivity index (χ0) is 18.5. The maximum Gasteiger partial charge on any atom is 0.261 e. The summed E-state index contributed by atoms with van der Waals surface area (Å²) in [6.45, 7) is 9.63. The van der Waals surface area contributed by atoms with Gasteiger partial charge in [-0.15, -0.1) is 11.6 Å². The van der Waals surface area contributed by atoms with Crippen LogP contribution in [0.25, 0.3) is 16.7 Å². The smallest absolute Gasteiger partial charge is 0.261 e. The van der Waals surface area contributed by atoms with Crippen LogP contribution in [0.3, 0.4) is 0 Å². The summed E-state index contributed by atoms with van der Waals surface area (Å²) >= 11 is 5.79. The molecule has 2 aromatic heterocycles. The lowest BCUT2D eigenvalue weighted by Crippen LogP contribution is -2.13. The van der Waals surface area contributed by atoms with Gasteiger partial charge in [0, 0.05) is 5.69 Å². The molecule has 0 fully saturated rings. The second kappa shape index (κ2) is 6.15. The number of aromatic amines is 1. The largest absolute Gasteiger partial charge is 0.310 e. The van der Waals surface area contributed by atoms with Crippen LogP contribution in [-0.2, 0) is 0 Å². The number of carbonyl (C=O) groups excluding carboxylic acids is 1. The SMILES string of the molecule is Cc1cc(C)c(-n2c(C)c(C(=O)CCl)c3c(=O)[nH]c(C)nc32)c(C)c1. The van der Waals surface area contributed by atoms with Crippen molar-refractivity contribution < 1.29 is 4.79 Å². The quantitative estimate of drug-likeness (QED) is 0.574. The van der Waals surface area contributed by atoms with Gasteiger partial charge in [0.25, 0.3) is 5.56 Å². The number of alkyl halides is 1.